The summed E-state index contributed by atoms with van der Waals surface area (Å²) in [5.74, 6) is -0.199. The van der Waals surface area contributed by atoms with Crippen LogP contribution in [0.3, 0.4) is 0 Å². The summed E-state index contributed by atoms with van der Waals surface area (Å²) >= 11 is 0. The van der Waals surface area contributed by atoms with Gasteiger partial charge in [-0.15, -0.1) is 0 Å². The van der Waals surface area contributed by atoms with Crippen molar-refractivity contribution in [2.45, 2.75) is 19.5 Å². The zero-order chi connectivity index (χ0) is 18.0. The van der Waals surface area contributed by atoms with E-state index in [1.807, 2.05) is 0 Å². The number of amides is 1. The van der Waals surface area contributed by atoms with E-state index < -0.39 is 21.8 Å². The van der Waals surface area contributed by atoms with Gasteiger partial charge >= 0.3 is 6.18 Å². The molecule has 1 fully saturated rings. The fourth-order valence-electron chi connectivity index (χ4n) is 2.50. The van der Waals surface area contributed by atoms with Crippen molar-refractivity contribution >= 4 is 15.9 Å². The summed E-state index contributed by atoms with van der Waals surface area (Å²) in [6.07, 6.45) is -4.40. The molecule has 1 aromatic rings. The molecular weight excluding hydrogens is 345 g/mol. The number of carbonyl (C=O) groups is 1. The normalized spacial score (nSPS) is 17.1. The van der Waals surface area contributed by atoms with Gasteiger partial charge in [-0.05, 0) is 24.6 Å². The summed E-state index contributed by atoms with van der Waals surface area (Å²) < 4.78 is 62.4. The summed E-state index contributed by atoms with van der Waals surface area (Å²) in [4.78, 5) is 13.8. The van der Waals surface area contributed by atoms with E-state index in [0.717, 1.165) is 12.1 Å². The fraction of sp³-hybridized carbons (Fsp3) is 0.533. The van der Waals surface area contributed by atoms with Gasteiger partial charge in [-0.3, -0.25) is 4.79 Å². The Hall–Kier alpha value is -1.61. The molecule has 0 spiro atoms. The molecule has 2 rings (SSSR count). The van der Waals surface area contributed by atoms with Crippen LogP contribution in [-0.4, -0.2) is 55.5 Å². The second-order valence-corrected chi connectivity index (χ2v) is 7.81. The molecule has 0 atom stereocenters. The van der Waals surface area contributed by atoms with Crippen LogP contribution in [0.4, 0.5) is 13.2 Å². The first-order chi connectivity index (χ1) is 11.1. The molecule has 9 heteroatoms. The van der Waals surface area contributed by atoms with E-state index in [2.05, 4.69) is 0 Å². The Balaban J connectivity index is 1.92. The lowest BCUT2D eigenvalue weighted by Crippen LogP contribution is -2.51. The zero-order valence-corrected chi connectivity index (χ0v) is 14.0. The number of rotatable bonds is 4. The monoisotopic (exact) mass is 364 g/mol. The minimum atomic E-state index is -4.40. The van der Waals surface area contributed by atoms with Crippen LogP contribution in [0.1, 0.15) is 18.1 Å². The number of piperazine rings is 1. The minimum absolute atomic E-state index is 0.00132. The van der Waals surface area contributed by atoms with E-state index in [9.17, 15) is 26.4 Å². The summed E-state index contributed by atoms with van der Waals surface area (Å²) in [7, 11) is -3.26. The standard InChI is InChI=1S/C15H19F3N2O3S/c1-2-24(22,23)20-9-7-19(8-10-20)14(21)11-12-3-5-13(6-4-12)15(16,17)18/h3-6H,2,7-11H2,1H3. The molecule has 134 valence electrons. The molecule has 0 N–H and O–H groups in total. The number of nitrogens with zero attached hydrogens (tertiary/aromatic N) is 2. The van der Waals surface area contributed by atoms with E-state index in [1.165, 1.54) is 16.4 Å². The highest BCUT2D eigenvalue weighted by Gasteiger charge is 2.30. The lowest BCUT2D eigenvalue weighted by molar-refractivity contribution is -0.137. The first kappa shape index (κ1) is 18.7. The van der Waals surface area contributed by atoms with E-state index in [4.69, 9.17) is 0 Å². The molecule has 24 heavy (non-hydrogen) atoms. The molecule has 0 unspecified atom stereocenters. The van der Waals surface area contributed by atoms with Gasteiger partial charge in [0.2, 0.25) is 15.9 Å². The third-order valence-corrected chi connectivity index (χ3v) is 5.87. The fourth-order valence-corrected chi connectivity index (χ4v) is 3.58. The molecule has 1 aliphatic heterocycles. The van der Waals surface area contributed by atoms with Gasteiger partial charge in [-0.25, -0.2) is 8.42 Å². The second-order valence-electron chi connectivity index (χ2n) is 5.55. The molecule has 0 bridgehead atoms. The Morgan fingerprint density at radius 1 is 1.08 bits per heavy atom. The Bertz CT molecular complexity index is 679. The zero-order valence-electron chi connectivity index (χ0n) is 13.2. The highest BCUT2D eigenvalue weighted by Crippen LogP contribution is 2.29. The van der Waals surface area contributed by atoms with Gasteiger partial charge in [0.25, 0.3) is 0 Å². The smallest absolute Gasteiger partial charge is 0.340 e. The molecular formula is C15H19F3N2O3S. The van der Waals surface area contributed by atoms with E-state index in [1.54, 1.807) is 11.8 Å². The summed E-state index contributed by atoms with van der Waals surface area (Å²) in [5, 5.41) is 0. The average molecular weight is 364 g/mol. The van der Waals surface area contributed by atoms with Crippen LogP contribution in [0.15, 0.2) is 24.3 Å². The first-order valence-electron chi connectivity index (χ1n) is 7.55. The van der Waals surface area contributed by atoms with Crippen LogP contribution < -0.4 is 0 Å². The van der Waals surface area contributed by atoms with Crippen molar-refractivity contribution in [3.63, 3.8) is 0 Å². The van der Waals surface area contributed by atoms with Crippen LogP contribution >= 0.6 is 0 Å². The second kappa shape index (κ2) is 7.10. The van der Waals surface area contributed by atoms with Crippen molar-refractivity contribution in [1.29, 1.82) is 0 Å². The maximum absolute atomic E-state index is 12.5. The Labute approximate surface area is 139 Å². The van der Waals surface area contributed by atoms with Crippen molar-refractivity contribution in [3.05, 3.63) is 35.4 Å². The van der Waals surface area contributed by atoms with Gasteiger partial charge in [0.15, 0.2) is 0 Å². The van der Waals surface area contributed by atoms with Crippen molar-refractivity contribution in [2.75, 3.05) is 31.9 Å². The van der Waals surface area contributed by atoms with E-state index in [0.29, 0.717) is 18.7 Å². The van der Waals surface area contributed by atoms with Gasteiger partial charge in [0, 0.05) is 26.2 Å². The third-order valence-electron chi connectivity index (χ3n) is 3.99. The molecule has 1 aromatic carbocycles. The lowest BCUT2D eigenvalue weighted by Gasteiger charge is -2.33. The van der Waals surface area contributed by atoms with Crippen molar-refractivity contribution in [1.82, 2.24) is 9.21 Å². The number of sulfonamides is 1. The van der Waals surface area contributed by atoms with Crippen LogP contribution in [0, 0.1) is 0 Å². The maximum Gasteiger partial charge on any atom is 0.416 e. The number of hydrogen-bond donors (Lipinski definition) is 0. The number of carbonyl (C=O) groups excluding carboxylic acids is 1. The largest absolute Gasteiger partial charge is 0.416 e. The molecule has 1 heterocycles. The highest BCUT2D eigenvalue weighted by molar-refractivity contribution is 7.89. The molecule has 1 amide bonds. The predicted molar refractivity (Wildman–Crippen MR) is 82.8 cm³/mol. The number of benzene rings is 1. The van der Waals surface area contributed by atoms with Gasteiger partial charge in [-0.1, -0.05) is 12.1 Å². The Morgan fingerprint density at radius 3 is 2.08 bits per heavy atom. The van der Waals surface area contributed by atoms with Crippen LogP contribution in [0.25, 0.3) is 0 Å². The van der Waals surface area contributed by atoms with Gasteiger partial charge < -0.3 is 4.90 Å². The Kier molecular flexibility index (Phi) is 5.54. The number of hydrogen-bond acceptors (Lipinski definition) is 3. The van der Waals surface area contributed by atoms with Crippen LogP contribution in [-0.2, 0) is 27.4 Å². The van der Waals surface area contributed by atoms with Crippen molar-refractivity contribution in [3.8, 4) is 0 Å². The third kappa shape index (κ3) is 4.47. The van der Waals surface area contributed by atoms with Crippen LogP contribution in [0.5, 0.6) is 0 Å². The molecule has 0 radical (unpaired) electrons. The molecule has 0 saturated carbocycles. The maximum atomic E-state index is 12.5. The predicted octanol–water partition coefficient (Wildman–Crippen LogP) is 1.74. The van der Waals surface area contributed by atoms with Gasteiger partial charge in [0.1, 0.15) is 0 Å². The Morgan fingerprint density at radius 2 is 1.62 bits per heavy atom. The van der Waals surface area contributed by atoms with E-state index in [-0.39, 0.29) is 31.2 Å². The molecule has 0 aliphatic carbocycles. The minimum Gasteiger partial charge on any atom is -0.340 e. The van der Waals surface area contributed by atoms with E-state index >= 15 is 0 Å². The average Bonchev–Trinajstić information content (AvgIpc) is 2.54. The first-order valence-corrected chi connectivity index (χ1v) is 9.16. The molecule has 1 aliphatic rings. The van der Waals surface area contributed by atoms with Gasteiger partial charge in [0.05, 0.1) is 17.7 Å². The molecule has 0 aromatic heterocycles. The molecule has 5 nitrogen and oxygen atoms in total. The van der Waals surface area contributed by atoms with Crippen molar-refractivity contribution < 1.29 is 26.4 Å². The van der Waals surface area contributed by atoms with Crippen LogP contribution in [0.2, 0.25) is 0 Å². The highest BCUT2D eigenvalue weighted by atomic mass is 32.2. The molecule has 1 saturated heterocycles. The SMILES string of the molecule is CCS(=O)(=O)N1CCN(C(=O)Cc2ccc(C(F)(F)F)cc2)CC1. The quantitative estimate of drug-likeness (QED) is 0.818. The number of halogens is 3. The summed E-state index contributed by atoms with van der Waals surface area (Å²) in [5.41, 5.74) is -0.256. The topological polar surface area (TPSA) is 57.7 Å². The summed E-state index contributed by atoms with van der Waals surface area (Å²) in [6, 6.07) is 4.49. The van der Waals surface area contributed by atoms with Crippen molar-refractivity contribution in [2.24, 2.45) is 0 Å². The number of alkyl halides is 3. The lowest BCUT2D eigenvalue weighted by atomic mass is 10.1. The summed E-state index contributed by atoms with van der Waals surface area (Å²) in [6.45, 7) is 2.64. The van der Waals surface area contributed by atoms with Gasteiger partial charge in [-0.2, -0.15) is 17.5 Å².